The molecule has 0 saturated carbocycles. The van der Waals surface area contributed by atoms with Gasteiger partial charge in [-0.15, -0.1) is 0 Å². The fourth-order valence-corrected chi connectivity index (χ4v) is 6.70. The Morgan fingerprint density at radius 3 is 2.39 bits per heavy atom. The van der Waals surface area contributed by atoms with E-state index in [-0.39, 0.29) is 25.3 Å². The van der Waals surface area contributed by atoms with Gasteiger partial charge in [0.2, 0.25) is 7.44 Å². The summed E-state index contributed by atoms with van der Waals surface area (Å²) in [6.45, 7) is 7.47. The predicted molar refractivity (Wildman–Crippen MR) is 163 cm³/mol. The van der Waals surface area contributed by atoms with E-state index in [9.17, 15) is 24.1 Å². The summed E-state index contributed by atoms with van der Waals surface area (Å²) >= 11 is 0. The summed E-state index contributed by atoms with van der Waals surface area (Å²) in [5, 5.41) is 18.6. The lowest BCUT2D eigenvalue weighted by atomic mass is 10.2. The van der Waals surface area contributed by atoms with E-state index in [4.69, 9.17) is 14.2 Å². The minimum atomic E-state index is -3.76. The van der Waals surface area contributed by atoms with Crippen molar-refractivity contribution in [3.05, 3.63) is 40.7 Å². The fourth-order valence-electron chi connectivity index (χ4n) is 4.66. The Kier molecular flexibility index (Phi) is 11.4. The number of aliphatic hydroxyl groups excluding tert-OH is 1. The molecule has 0 bridgehead atoms. The lowest BCUT2D eigenvalue weighted by Gasteiger charge is -2.28. The van der Waals surface area contributed by atoms with Gasteiger partial charge in [0.25, 0.3) is 5.56 Å². The van der Waals surface area contributed by atoms with Crippen LogP contribution in [-0.2, 0) is 28.4 Å². The molecule has 1 unspecified atom stereocenters. The van der Waals surface area contributed by atoms with Crippen LogP contribution in [0.4, 0.5) is 11.5 Å². The first-order valence-electron chi connectivity index (χ1n) is 14.8. The zero-order chi connectivity index (χ0) is 31.9. The molecular weight excluding hydrogens is 593 g/mol. The van der Waals surface area contributed by atoms with Gasteiger partial charge >= 0.3 is 11.9 Å². The normalized spacial score (nSPS) is 22.0. The van der Waals surface area contributed by atoms with Crippen LogP contribution in [0.15, 0.2) is 35.1 Å². The third-order valence-corrected chi connectivity index (χ3v) is 9.13. The van der Waals surface area contributed by atoms with E-state index >= 15 is 0 Å². The Hall–Kier alpha value is -3.49. The van der Waals surface area contributed by atoms with Crippen molar-refractivity contribution in [1.82, 2.24) is 25.1 Å². The molecule has 1 saturated heterocycles. The number of rotatable bonds is 15. The van der Waals surface area contributed by atoms with Crippen LogP contribution in [0.5, 0.6) is 0 Å². The van der Waals surface area contributed by atoms with Gasteiger partial charge < -0.3 is 19.3 Å². The highest BCUT2D eigenvalue weighted by Gasteiger charge is 2.41. The molecule has 15 nitrogen and oxygen atoms in total. The van der Waals surface area contributed by atoms with Gasteiger partial charge in [-0.05, 0) is 38.8 Å². The van der Waals surface area contributed by atoms with Gasteiger partial charge in [-0.2, -0.15) is 4.98 Å². The molecule has 4 heterocycles. The van der Waals surface area contributed by atoms with Crippen molar-refractivity contribution in [2.75, 3.05) is 23.6 Å². The quantitative estimate of drug-likeness (QED) is 0.127. The average Bonchev–Trinajstić information content (AvgIpc) is 3.49. The van der Waals surface area contributed by atoms with E-state index in [1.165, 1.54) is 43.1 Å². The number of nitrogens with zero attached hydrogens (tertiary/aromatic N) is 4. The second-order valence-electron chi connectivity index (χ2n) is 10.7. The van der Waals surface area contributed by atoms with Crippen molar-refractivity contribution in [3.8, 4) is 0 Å². The van der Waals surface area contributed by atoms with Crippen LogP contribution in [0.3, 0.4) is 0 Å². The van der Waals surface area contributed by atoms with Gasteiger partial charge in [0, 0.05) is 18.3 Å². The molecule has 44 heavy (non-hydrogen) atoms. The number of esters is 2. The largest absolute Gasteiger partial charge is 0.465 e. The molecule has 2 aliphatic heterocycles. The number of ether oxygens (including phenoxy) is 3. The molecule has 0 aliphatic carbocycles. The Morgan fingerprint density at radius 2 is 1.77 bits per heavy atom. The molecule has 4 N–H and O–H groups in total. The first kappa shape index (κ1) is 33.4. The number of unbranched alkanes of at least 4 members (excludes halogenated alkanes) is 2. The van der Waals surface area contributed by atoms with Crippen molar-refractivity contribution in [2.24, 2.45) is 0 Å². The Balaban J connectivity index is 1.50. The van der Waals surface area contributed by atoms with Crippen LogP contribution in [-0.4, -0.2) is 75.7 Å². The lowest BCUT2D eigenvalue weighted by Crippen LogP contribution is -2.44. The monoisotopic (exact) mass is 633 g/mol. The van der Waals surface area contributed by atoms with Crippen molar-refractivity contribution in [2.45, 2.75) is 90.3 Å². The molecule has 0 radical (unpaired) electrons. The molecule has 0 spiro atoms. The van der Waals surface area contributed by atoms with Crippen LogP contribution in [0.1, 0.15) is 59.8 Å². The van der Waals surface area contributed by atoms with Crippen molar-refractivity contribution >= 4 is 41.9 Å². The molecule has 2 aromatic heterocycles. The van der Waals surface area contributed by atoms with Crippen molar-refractivity contribution in [1.29, 1.82) is 0 Å². The van der Waals surface area contributed by atoms with Gasteiger partial charge in [0.1, 0.15) is 24.5 Å². The molecular formula is C28H40N7O8P. The minimum Gasteiger partial charge on any atom is -0.465 e. The lowest BCUT2D eigenvalue weighted by molar-refractivity contribution is -0.145. The smallest absolute Gasteiger partial charge is 0.323 e. The number of nitrogens with one attached hydrogen (secondary N) is 3. The molecule has 16 heteroatoms. The summed E-state index contributed by atoms with van der Waals surface area (Å²) in [4.78, 5) is 49.4. The highest BCUT2D eigenvalue weighted by Crippen LogP contribution is 2.42. The summed E-state index contributed by atoms with van der Waals surface area (Å²) < 4.78 is 30.7. The van der Waals surface area contributed by atoms with E-state index in [0.717, 1.165) is 12.8 Å². The molecule has 1 fully saturated rings. The Bertz CT molecular complexity index is 1440. The zero-order valence-electron chi connectivity index (χ0n) is 25.3. The van der Waals surface area contributed by atoms with E-state index in [0.29, 0.717) is 29.7 Å². The zero-order valence-corrected chi connectivity index (χ0v) is 26.2. The maximum atomic E-state index is 14.1. The summed E-state index contributed by atoms with van der Waals surface area (Å²) in [7, 11) is -3.76. The van der Waals surface area contributed by atoms with Crippen LogP contribution in [0.2, 0.25) is 0 Å². The SMILES string of the molecule is CCCCOC(=O)[C@H](C)NP(=O)(/C=C/[C@@H]1C[C@@H](O)[C@H](N2Nc3ccc(=O)nc4ncnc2c34)O1)N[C@H](C)C(=O)OCCCC. The van der Waals surface area contributed by atoms with Gasteiger partial charge in [-0.25, -0.2) is 25.2 Å². The molecule has 4 rings (SSSR count). The summed E-state index contributed by atoms with van der Waals surface area (Å²) in [5.41, 5.74) is 3.37. The van der Waals surface area contributed by atoms with Crippen molar-refractivity contribution in [3.63, 3.8) is 0 Å². The maximum absolute atomic E-state index is 14.1. The molecule has 0 aromatic carbocycles. The van der Waals surface area contributed by atoms with Crippen LogP contribution in [0.25, 0.3) is 11.0 Å². The van der Waals surface area contributed by atoms with Crippen LogP contribution in [0, 0.1) is 0 Å². The second kappa shape index (κ2) is 15.0. The number of aromatic nitrogens is 3. The van der Waals surface area contributed by atoms with Gasteiger partial charge in [-0.1, -0.05) is 26.7 Å². The number of carbonyl (C=O) groups is 2. The third-order valence-electron chi connectivity index (χ3n) is 7.00. The topological polar surface area (TPSA) is 194 Å². The Morgan fingerprint density at radius 1 is 1.14 bits per heavy atom. The number of carbonyl (C=O) groups excluding carboxylic acids is 2. The molecule has 2 aromatic rings. The molecule has 240 valence electrons. The molecule has 6 atom stereocenters. The molecule has 0 amide bonds. The Labute approximate surface area is 255 Å². The minimum absolute atomic E-state index is 0.143. The number of hydrazine groups is 1. The average molecular weight is 634 g/mol. The maximum Gasteiger partial charge on any atom is 0.323 e. The molecule has 2 aliphatic rings. The first-order valence-corrected chi connectivity index (χ1v) is 16.6. The van der Waals surface area contributed by atoms with Crippen LogP contribution >= 0.6 is 7.44 Å². The summed E-state index contributed by atoms with van der Waals surface area (Å²) in [6.07, 6.45) is 3.41. The fraction of sp³-hybridized carbons (Fsp3) is 0.571. The standard InChI is InChI=1S/C28H40N7O8P/c1-5-7-12-41-27(38)17(3)33-44(40,34-18(4)28(39)42-13-8-6-2)14-11-19-15-21(36)26(43-19)35-25-23-20(32-35)9-10-22(37)31-24(23)29-16-30-25/h9-11,14,16-19,21,26,32,36H,5-8,12-13,15H2,1-4H3,(H2,33,34,40)/b14-11+/t17-,18+,19-,21-,26-,44?/m1/s1. The van der Waals surface area contributed by atoms with Crippen LogP contribution < -0.4 is 26.2 Å². The van der Waals surface area contributed by atoms with Gasteiger partial charge in [0.05, 0.1) is 30.4 Å². The van der Waals surface area contributed by atoms with E-state index in [1.807, 2.05) is 13.8 Å². The summed E-state index contributed by atoms with van der Waals surface area (Å²) in [5.74, 6) is 0.541. The van der Waals surface area contributed by atoms with Crippen molar-refractivity contribution < 1.29 is 33.5 Å². The van der Waals surface area contributed by atoms with Gasteiger partial charge in [0.15, 0.2) is 17.7 Å². The summed E-state index contributed by atoms with van der Waals surface area (Å²) in [6, 6.07) is 0.934. The number of aliphatic hydroxyl groups is 1. The first-order chi connectivity index (χ1) is 21.0. The van der Waals surface area contributed by atoms with E-state index < -0.39 is 55.5 Å². The van der Waals surface area contributed by atoms with E-state index in [2.05, 4.69) is 30.6 Å². The predicted octanol–water partition coefficient (Wildman–Crippen LogP) is 2.36. The highest BCUT2D eigenvalue weighted by molar-refractivity contribution is 7.63. The highest BCUT2D eigenvalue weighted by atomic mass is 31.2. The number of hydrogen-bond acceptors (Lipinski definition) is 13. The second-order valence-corrected chi connectivity index (χ2v) is 12.8. The number of anilines is 2. The van der Waals surface area contributed by atoms with E-state index in [1.54, 1.807) is 6.07 Å². The third kappa shape index (κ3) is 8.16. The van der Waals surface area contributed by atoms with Gasteiger partial charge in [-0.3, -0.25) is 24.4 Å². The number of hydrogen-bond donors (Lipinski definition) is 4.